The SMILES string of the molecule is Cc1ccccc1-c1nnc2c3ccc(Cl)cc3nc(NCC3CC3)n12. The van der Waals surface area contributed by atoms with Gasteiger partial charge in [-0.2, -0.15) is 0 Å². The van der Waals surface area contributed by atoms with E-state index in [0.717, 1.165) is 51.9 Å². The Morgan fingerprint density at radius 1 is 1.15 bits per heavy atom. The maximum absolute atomic E-state index is 6.18. The van der Waals surface area contributed by atoms with E-state index >= 15 is 0 Å². The Morgan fingerprint density at radius 2 is 2.00 bits per heavy atom. The number of aryl methyl sites for hydroxylation is 1. The van der Waals surface area contributed by atoms with Gasteiger partial charge in [0.15, 0.2) is 11.5 Å². The minimum atomic E-state index is 0.668. The highest BCUT2D eigenvalue weighted by molar-refractivity contribution is 6.31. The normalized spacial score (nSPS) is 14.2. The molecule has 4 aromatic rings. The molecule has 130 valence electrons. The molecule has 1 N–H and O–H groups in total. The average Bonchev–Trinajstić information content (AvgIpc) is 3.37. The first-order chi connectivity index (χ1) is 12.7. The maximum Gasteiger partial charge on any atom is 0.211 e. The number of benzene rings is 2. The number of halogens is 1. The van der Waals surface area contributed by atoms with Crippen LogP contribution in [0.4, 0.5) is 5.95 Å². The molecule has 1 saturated carbocycles. The van der Waals surface area contributed by atoms with Gasteiger partial charge in [0, 0.05) is 22.5 Å². The van der Waals surface area contributed by atoms with Crippen molar-refractivity contribution in [2.75, 3.05) is 11.9 Å². The Hall–Kier alpha value is -2.66. The van der Waals surface area contributed by atoms with E-state index in [4.69, 9.17) is 16.6 Å². The van der Waals surface area contributed by atoms with Gasteiger partial charge in [0.05, 0.1) is 5.52 Å². The van der Waals surface area contributed by atoms with Gasteiger partial charge in [-0.3, -0.25) is 0 Å². The molecular formula is C20H18ClN5. The highest BCUT2D eigenvalue weighted by Gasteiger charge is 2.23. The molecule has 0 aliphatic heterocycles. The number of aromatic nitrogens is 4. The third kappa shape index (κ3) is 2.59. The van der Waals surface area contributed by atoms with Crippen molar-refractivity contribution in [3.05, 3.63) is 53.1 Å². The first kappa shape index (κ1) is 15.6. The largest absolute Gasteiger partial charge is 0.355 e. The lowest BCUT2D eigenvalue weighted by atomic mass is 10.1. The van der Waals surface area contributed by atoms with Crippen LogP contribution in [0.2, 0.25) is 5.02 Å². The molecule has 26 heavy (non-hydrogen) atoms. The number of anilines is 1. The molecule has 2 aromatic heterocycles. The number of hydrogen-bond acceptors (Lipinski definition) is 4. The molecule has 0 unspecified atom stereocenters. The van der Waals surface area contributed by atoms with Crippen molar-refractivity contribution in [3.8, 4) is 11.4 Å². The lowest BCUT2D eigenvalue weighted by Crippen LogP contribution is -2.10. The van der Waals surface area contributed by atoms with Crippen LogP contribution in [0.1, 0.15) is 18.4 Å². The molecule has 0 radical (unpaired) electrons. The summed E-state index contributed by atoms with van der Waals surface area (Å²) in [6.45, 7) is 3.00. The topological polar surface area (TPSA) is 55.1 Å². The van der Waals surface area contributed by atoms with Crippen LogP contribution < -0.4 is 5.32 Å². The van der Waals surface area contributed by atoms with E-state index in [2.05, 4.69) is 34.6 Å². The van der Waals surface area contributed by atoms with Gasteiger partial charge in [0.25, 0.3) is 0 Å². The minimum absolute atomic E-state index is 0.668. The average molecular weight is 364 g/mol. The molecule has 0 amide bonds. The lowest BCUT2D eigenvalue weighted by molar-refractivity contribution is 0.870. The van der Waals surface area contributed by atoms with Gasteiger partial charge >= 0.3 is 0 Å². The van der Waals surface area contributed by atoms with Crippen LogP contribution in [-0.2, 0) is 0 Å². The van der Waals surface area contributed by atoms with E-state index < -0.39 is 0 Å². The quantitative estimate of drug-likeness (QED) is 0.569. The highest BCUT2D eigenvalue weighted by Crippen LogP contribution is 2.32. The Balaban J connectivity index is 1.78. The zero-order chi connectivity index (χ0) is 17.7. The molecule has 0 atom stereocenters. The van der Waals surface area contributed by atoms with E-state index in [0.29, 0.717) is 5.02 Å². The summed E-state index contributed by atoms with van der Waals surface area (Å²) in [7, 11) is 0. The number of fused-ring (bicyclic) bond motifs is 3. The van der Waals surface area contributed by atoms with E-state index in [1.165, 1.54) is 12.8 Å². The molecule has 1 fully saturated rings. The number of nitrogens with zero attached hydrogens (tertiary/aromatic N) is 4. The fourth-order valence-corrected chi connectivity index (χ4v) is 3.45. The van der Waals surface area contributed by atoms with Gasteiger partial charge in [0.2, 0.25) is 5.95 Å². The summed E-state index contributed by atoms with van der Waals surface area (Å²) < 4.78 is 2.03. The summed E-state index contributed by atoms with van der Waals surface area (Å²) in [5, 5.41) is 14.1. The van der Waals surface area contributed by atoms with Crippen molar-refractivity contribution in [2.24, 2.45) is 5.92 Å². The smallest absolute Gasteiger partial charge is 0.211 e. The zero-order valence-electron chi connectivity index (χ0n) is 14.4. The number of nitrogens with one attached hydrogen (secondary N) is 1. The van der Waals surface area contributed by atoms with Crippen molar-refractivity contribution >= 4 is 34.1 Å². The summed E-state index contributed by atoms with van der Waals surface area (Å²) in [6.07, 6.45) is 2.56. The lowest BCUT2D eigenvalue weighted by Gasteiger charge is -2.12. The van der Waals surface area contributed by atoms with Crippen LogP contribution in [0, 0.1) is 12.8 Å². The van der Waals surface area contributed by atoms with Crippen molar-refractivity contribution in [1.82, 2.24) is 19.6 Å². The first-order valence-electron chi connectivity index (χ1n) is 8.85. The van der Waals surface area contributed by atoms with Gasteiger partial charge < -0.3 is 5.32 Å². The molecular weight excluding hydrogens is 346 g/mol. The van der Waals surface area contributed by atoms with Crippen LogP contribution >= 0.6 is 11.6 Å². The monoisotopic (exact) mass is 363 g/mol. The Kier molecular flexibility index (Phi) is 3.57. The van der Waals surface area contributed by atoms with E-state index in [9.17, 15) is 0 Å². The summed E-state index contributed by atoms with van der Waals surface area (Å²) in [4.78, 5) is 4.84. The Morgan fingerprint density at radius 3 is 2.81 bits per heavy atom. The van der Waals surface area contributed by atoms with Crippen LogP contribution in [0.3, 0.4) is 0 Å². The fourth-order valence-electron chi connectivity index (χ4n) is 3.28. The van der Waals surface area contributed by atoms with Gasteiger partial charge in [-0.15, -0.1) is 10.2 Å². The Labute approximate surface area is 156 Å². The van der Waals surface area contributed by atoms with Crippen molar-refractivity contribution in [2.45, 2.75) is 19.8 Å². The van der Waals surface area contributed by atoms with Gasteiger partial charge in [-0.25, -0.2) is 9.38 Å². The number of hydrogen-bond donors (Lipinski definition) is 1. The van der Waals surface area contributed by atoms with Crippen LogP contribution in [0.15, 0.2) is 42.5 Å². The molecule has 1 aliphatic rings. The van der Waals surface area contributed by atoms with Crippen molar-refractivity contribution < 1.29 is 0 Å². The maximum atomic E-state index is 6.18. The van der Waals surface area contributed by atoms with Crippen LogP contribution in [-0.4, -0.2) is 26.1 Å². The molecule has 0 spiro atoms. The van der Waals surface area contributed by atoms with Crippen molar-refractivity contribution in [1.29, 1.82) is 0 Å². The third-order valence-electron chi connectivity index (χ3n) is 4.93. The molecule has 2 aromatic carbocycles. The summed E-state index contributed by atoms with van der Waals surface area (Å²) in [5.41, 5.74) is 3.84. The standard InChI is InChI=1S/C20H18ClN5/c1-12-4-2-3-5-15(12)18-24-25-19-16-9-8-14(21)10-17(16)23-20(26(18)19)22-11-13-6-7-13/h2-5,8-10,13H,6-7,11H2,1H3,(H,22,23). The second-order valence-corrected chi connectivity index (χ2v) is 7.36. The van der Waals surface area contributed by atoms with Crippen LogP contribution in [0.25, 0.3) is 27.9 Å². The summed E-state index contributed by atoms with van der Waals surface area (Å²) in [6, 6.07) is 13.9. The van der Waals surface area contributed by atoms with E-state index in [-0.39, 0.29) is 0 Å². The molecule has 1 aliphatic carbocycles. The Bertz CT molecular complexity index is 1130. The molecule has 5 nitrogen and oxygen atoms in total. The molecule has 0 saturated heterocycles. The summed E-state index contributed by atoms with van der Waals surface area (Å²) in [5.74, 6) is 2.31. The minimum Gasteiger partial charge on any atom is -0.355 e. The third-order valence-corrected chi connectivity index (χ3v) is 5.17. The molecule has 5 rings (SSSR count). The predicted molar refractivity (Wildman–Crippen MR) is 105 cm³/mol. The second-order valence-electron chi connectivity index (χ2n) is 6.92. The van der Waals surface area contributed by atoms with Crippen LogP contribution in [0.5, 0.6) is 0 Å². The zero-order valence-corrected chi connectivity index (χ0v) is 15.2. The first-order valence-corrected chi connectivity index (χ1v) is 9.23. The van der Waals surface area contributed by atoms with Gasteiger partial charge in [-0.1, -0.05) is 35.9 Å². The molecule has 2 heterocycles. The number of rotatable bonds is 4. The van der Waals surface area contributed by atoms with Gasteiger partial charge in [-0.05, 0) is 49.4 Å². The van der Waals surface area contributed by atoms with Gasteiger partial charge in [0.1, 0.15) is 0 Å². The van der Waals surface area contributed by atoms with E-state index in [1.54, 1.807) is 0 Å². The summed E-state index contributed by atoms with van der Waals surface area (Å²) >= 11 is 6.18. The molecule has 0 bridgehead atoms. The predicted octanol–water partition coefficient (Wildman–Crippen LogP) is 4.73. The highest BCUT2D eigenvalue weighted by atomic mass is 35.5. The van der Waals surface area contributed by atoms with E-state index in [1.807, 2.05) is 34.7 Å². The molecule has 6 heteroatoms. The van der Waals surface area contributed by atoms with Crippen molar-refractivity contribution in [3.63, 3.8) is 0 Å². The fraction of sp³-hybridized carbons (Fsp3) is 0.250. The second kappa shape index (κ2) is 5.95.